The molecule has 0 aliphatic heterocycles. The maximum atomic E-state index is 12.1. The number of carbonyl (C=O) groups is 1. The summed E-state index contributed by atoms with van der Waals surface area (Å²) >= 11 is 0. The first-order chi connectivity index (χ1) is 14.6. The molecule has 176 valence electrons. The fourth-order valence-electron chi connectivity index (χ4n) is 9.17. The van der Waals surface area contributed by atoms with Crippen LogP contribution in [0.4, 0.5) is 0 Å². The van der Waals surface area contributed by atoms with Gasteiger partial charge in [0.2, 0.25) is 0 Å². The second-order valence-corrected chi connectivity index (χ2v) is 12.7. The van der Waals surface area contributed by atoms with Gasteiger partial charge in [-0.25, -0.2) is 0 Å². The van der Waals surface area contributed by atoms with Crippen molar-refractivity contribution >= 4 is 5.78 Å². The number of hydrogen-bond acceptors (Lipinski definition) is 2. The second-order valence-electron chi connectivity index (χ2n) is 12.7. The van der Waals surface area contributed by atoms with Gasteiger partial charge in [0.15, 0.2) is 5.78 Å². The Labute approximate surface area is 191 Å². The Morgan fingerprint density at radius 1 is 1.06 bits per heavy atom. The Balaban J connectivity index is 1.53. The van der Waals surface area contributed by atoms with Crippen molar-refractivity contribution in [2.24, 2.45) is 52.3 Å². The Hall–Kier alpha value is -0.630. The lowest BCUT2D eigenvalue weighted by atomic mass is 9.45. The normalized spacial score (nSPS) is 44.3. The number of carbonyl (C=O) groups excluding carboxylic acids is 1. The zero-order valence-corrected chi connectivity index (χ0v) is 21.1. The van der Waals surface area contributed by atoms with Crippen molar-refractivity contribution in [3.63, 3.8) is 0 Å². The number of aliphatic hydroxyl groups is 1. The van der Waals surface area contributed by atoms with Crippen LogP contribution in [-0.4, -0.2) is 17.0 Å². The molecule has 4 aliphatic rings. The van der Waals surface area contributed by atoms with E-state index in [0.29, 0.717) is 35.9 Å². The van der Waals surface area contributed by atoms with Gasteiger partial charge in [-0.05, 0) is 103 Å². The van der Waals surface area contributed by atoms with Gasteiger partial charge >= 0.3 is 0 Å². The molecule has 4 rings (SSSR count). The second kappa shape index (κ2) is 8.62. The summed E-state index contributed by atoms with van der Waals surface area (Å²) in [5.74, 6) is 5.27. The minimum atomic E-state index is -0.186. The highest BCUT2D eigenvalue weighted by Gasteiger charge is 2.62. The number of aliphatic hydroxyl groups excluding tert-OH is 1. The standard InChI is InChI=1S/C29H48O2/c1-7-20(18(2)3)9-8-19(4)24-12-13-25-23-11-10-21-16-22(30)14-15-28(21,5)26(23)17-27(31)29(24,25)6/h16,18-20,23-27,31H,7-15,17H2,1-6H3. The van der Waals surface area contributed by atoms with Gasteiger partial charge in [-0.15, -0.1) is 0 Å². The molecule has 9 atom stereocenters. The maximum absolute atomic E-state index is 12.1. The summed E-state index contributed by atoms with van der Waals surface area (Å²) < 4.78 is 0. The Kier molecular flexibility index (Phi) is 6.54. The fourth-order valence-corrected chi connectivity index (χ4v) is 9.17. The van der Waals surface area contributed by atoms with E-state index < -0.39 is 0 Å². The predicted octanol–water partition coefficient (Wildman–Crippen LogP) is 7.20. The van der Waals surface area contributed by atoms with Gasteiger partial charge in [0.25, 0.3) is 0 Å². The van der Waals surface area contributed by atoms with E-state index in [4.69, 9.17) is 0 Å². The predicted molar refractivity (Wildman–Crippen MR) is 129 cm³/mol. The minimum Gasteiger partial charge on any atom is -0.393 e. The summed E-state index contributed by atoms with van der Waals surface area (Å²) in [6, 6.07) is 0. The molecule has 0 aromatic carbocycles. The van der Waals surface area contributed by atoms with Crippen LogP contribution in [0.1, 0.15) is 106 Å². The molecule has 0 heterocycles. The third kappa shape index (κ3) is 3.77. The largest absolute Gasteiger partial charge is 0.393 e. The molecule has 1 N–H and O–H groups in total. The van der Waals surface area contributed by atoms with Crippen molar-refractivity contribution in [2.45, 2.75) is 112 Å². The van der Waals surface area contributed by atoms with Crippen molar-refractivity contribution in [2.75, 3.05) is 0 Å². The first-order valence-electron chi connectivity index (χ1n) is 13.5. The van der Waals surface area contributed by atoms with Crippen LogP contribution in [0.15, 0.2) is 11.6 Å². The summed E-state index contributed by atoms with van der Waals surface area (Å²) in [7, 11) is 0. The number of allylic oxidation sites excluding steroid dienone is 1. The molecule has 0 saturated heterocycles. The van der Waals surface area contributed by atoms with Crippen LogP contribution in [0, 0.1) is 52.3 Å². The Bertz CT molecular complexity index is 708. The monoisotopic (exact) mass is 428 g/mol. The van der Waals surface area contributed by atoms with E-state index >= 15 is 0 Å². The molecule has 2 nitrogen and oxygen atoms in total. The maximum Gasteiger partial charge on any atom is 0.155 e. The summed E-state index contributed by atoms with van der Waals surface area (Å²) in [4.78, 5) is 12.1. The third-order valence-corrected chi connectivity index (χ3v) is 11.3. The van der Waals surface area contributed by atoms with Gasteiger partial charge < -0.3 is 5.11 Å². The number of fused-ring (bicyclic) bond motifs is 5. The van der Waals surface area contributed by atoms with Gasteiger partial charge in [0.05, 0.1) is 6.10 Å². The number of ketones is 1. The molecule has 31 heavy (non-hydrogen) atoms. The van der Waals surface area contributed by atoms with Crippen molar-refractivity contribution < 1.29 is 9.90 Å². The molecule has 2 heteroatoms. The van der Waals surface area contributed by atoms with Crippen molar-refractivity contribution in [1.29, 1.82) is 0 Å². The van der Waals surface area contributed by atoms with Gasteiger partial charge in [0, 0.05) is 6.42 Å². The number of hydrogen-bond donors (Lipinski definition) is 1. The molecule has 3 saturated carbocycles. The first-order valence-corrected chi connectivity index (χ1v) is 13.5. The highest BCUT2D eigenvalue weighted by molar-refractivity contribution is 5.91. The van der Waals surface area contributed by atoms with E-state index in [0.717, 1.165) is 37.0 Å². The lowest BCUT2D eigenvalue weighted by molar-refractivity contribution is -0.141. The van der Waals surface area contributed by atoms with Crippen LogP contribution in [0.5, 0.6) is 0 Å². The molecule has 0 amide bonds. The van der Waals surface area contributed by atoms with Crippen LogP contribution in [0.3, 0.4) is 0 Å². The zero-order valence-electron chi connectivity index (χ0n) is 21.1. The molecule has 0 aromatic rings. The molecule has 0 bridgehead atoms. The summed E-state index contributed by atoms with van der Waals surface area (Å²) in [5, 5.41) is 11.7. The average molecular weight is 429 g/mol. The van der Waals surface area contributed by atoms with Crippen LogP contribution in [-0.2, 0) is 4.79 Å². The van der Waals surface area contributed by atoms with E-state index in [1.54, 1.807) is 0 Å². The third-order valence-electron chi connectivity index (χ3n) is 11.3. The first kappa shape index (κ1) is 23.5. The average Bonchev–Trinajstić information content (AvgIpc) is 3.08. The molecule has 0 aromatic heterocycles. The van der Waals surface area contributed by atoms with Crippen LogP contribution >= 0.6 is 0 Å². The molecule has 4 aliphatic carbocycles. The van der Waals surface area contributed by atoms with E-state index in [9.17, 15) is 9.90 Å². The van der Waals surface area contributed by atoms with Crippen LogP contribution in [0.2, 0.25) is 0 Å². The van der Waals surface area contributed by atoms with Crippen LogP contribution in [0.25, 0.3) is 0 Å². The lowest BCUT2D eigenvalue weighted by Gasteiger charge is -2.60. The summed E-state index contributed by atoms with van der Waals surface area (Å²) in [6.07, 6.45) is 13.4. The smallest absolute Gasteiger partial charge is 0.155 e. The fraction of sp³-hybridized carbons (Fsp3) is 0.897. The van der Waals surface area contributed by atoms with E-state index in [2.05, 4.69) is 41.5 Å². The molecule has 0 radical (unpaired) electrons. The van der Waals surface area contributed by atoms with Gasteiger partial charge in [0.1, 0.15) is 0 Å². The van der Waals surface area contributed by atoms with Crippen molar-refractivity contribution in [1.82, 2.24) is 0 Å². The van der Waals surface area contributed by atoms with E-state index in [1.165, 1.54) is 44.1 Å². The molecule has 9 unspecified atom stereocenters. The Morgan fingerprint density at radius 2 is 1.81 bits per heavy atom. The minimum absolute atomic E-state index is 0.0855. The van der Waals surface area contributed by atoms with Gasteiger partial charge in [-0.1, -0.05) is 60.0 Å². The number of rotatable bonds is 6. The lowest BCUT2D eigenvalue weighted by Crippen LogP contribution is -2.56. The quantitative estimate of drug-likeness (QED) is 0.485. The van der Waals surface area contributed by atoms with Crippen molar-refractivity contribution in [3.8, 4) is 0 Å². The van der Waals surface area contributed by atoms with Gasteiger partial charge in [-0.2, -0.15) is 0 Å². The highest BCUT2D eigenvalue weighted by atomic mass is 16.3. The zero-order chi connectivity index (χ0) is 22.6. The molecule has 0 spiro atoms. The molecule has 3 fully saturated rings. The molecular weight excluding hydrogens is 380 g/mol. The van der Waals surface area contributed by atoms with Crippen LogP contribution < -0.4 is 0 Å². The van der Waals surface area contributed by atoms with E-state index in [1.807, 2.05) is 6.08 Å². The summed E-state index contributed by atoms with van der Waals surface area (Å²) in [5.41, 5.74) is 1.64. The summed E-state index contributed by atoms with van der Waals surface area (Å²) in [6.45, 7) is 14.5. The SMILES string of the molecule is CCC(CCC(C)C1CCC2C3CCC4=CC(=O)CCC4(C)C3CC(O)C12C)C(C)C. The molecular formula is C29H48O2. The Morgan fingerprint density at radius 3 is 2.48 bits per heavy atom. The van der Waals surface area contributed by atoms with Gasteiger partial charge in [-0.3, -0.25) is 4.79 Å². The van der Waals surface area contributed by atoms with Crippen molar-refractivity contribution in [3.05, 3.63) is 11.6 Å². The highest BCUT2D eigenvalue weighted by Crippen LogP contribution is 2.67. The topological polar surface area (TPSA) is 37.3 Å². The van der Waals surface area contributed by atoms with E-state index in [-0.39, 0.29) is 16.9 Å².